The van der Waals surface area contributed by atoms with Gasteiger partial charge in [0.15, 0.2) is 0 Å². The summed E-state index contributed by atoms with van der Waals surface area (Å²) in [6, 6.07) is 13.1. The fraction of sp³-hybridized carbons (Fsp3) is 0.423. The molecule has 2 aromatic carbocycles. The number of fused-ring (bicyclic) bond motifs is 3. The Balaban J connectivity index is 0.00000306. The first-order chi connectivity index (χ1) is 15.3. The molecule has 1 atom stereocenters. The summed E-state index contributed by atoms with van der Waals surface area (Å²) in [7, 11) is 0. The number of nitrogens with one attached hydrogen (secondary N) is 1. The molecule has 4 rings (SSSR count). The van der Waals surface area contributed by atoms with Crippen LogP contribution in [0.1, 0.15) is 48.4 Å². The van der Waals surface area contributed by atoms with E-state index in [9.17, 15) is 15.0 Å². The molecule has 33 heavy (non-hydrogen) atoms. The van der Waals surface area contributed by atoms with Crippen molar-refractivity contribution in [1.82, 2.24) is 5.32 Å². The molecular weight excluding hydrogens is 442 g/mol. The lowest BCUT2D eigenvalue weighted by atomic mass is 9.87. The average Bonchev–Trinajstić information content (AvgIpc) is 2.76. The van der Waals surface area contributed by atoms with Crippen LogP contribution >= 0.6 is 12.4 Å². The lowest BCUT2D eigenvalue weighted by Gasteiger charge is -2.28. The monoisotopic (exact) mass is 473 g/mol. The highest BCUT2D eigenvalue weighted by atomic mass is 35.5. The molecule has 1 aliphatic carbocycles. The second-order valence-corrected chi connectivity index (χ2v) is 8.84. The van der Waals surface area contributed by atoms with Crippen molar-refractivity contribution in [2.75, 3.05) is 6.61 Å². The van der Waals surface area contributed by atoms with Crippen molar-refractivity contribution in [2.24, 2.45) is 0 Å². The minimum Gasteiger partial charge on any atom is -0.492 e. The standard InChI is InChI=1S/C26H31NO5.ClH/c1-17-14-19(24-21-10-6-7-11-22(21)25(28)32-23(24)15-17)12-13-26(29,30)27-18(2)16-31-20-8-4-3-5-9-20;/h3-5,8-9,14-15,18,27,29-30H,6-7,10-13,16H2,1-2H3;1H. The van der Waals surface area contributed by atoms with Gasteiger partial charge in [0.1, 0.15) is 17.9 Å². The molecule has 0 aliphatic heterocycles. The number of aliphatic hydroxyl groups is 2. The Hall–Kier alpha value is -2.38. The molecule has 1 unspecified atom stereocenters. The molecular formula is C26H32ClNO5. The van der Waals surface area contributed by atoms with E-state index in [4.69, 9.17) is 9.15 Å². The van der Waals surface area contributed by atoms with Gasteiger partial charge in [0, 0.05) is 23.4 Å². The molecule has 1 aliphatic rings. The molecule has 0 fully saturated rings. The maximum absolute atomic E-state index is 12.4. The summed E-state index contributed by atoms with van der Waals surface area (Å²) < 4.78 is 11.3. The van der Waals surface area contributed by atoms with Gasteiger partial charge in [-0.1, -0.05) is 24.3 Å². The van der Waals surface area contributed by atoms with Gasteiger partial charge in [-0.3, -0.25) is 5.32 Å². The third kappa shape index (κ3) is 6.15. The van der Waals surface area contributed by atoms with Crippen molar-refractivity contribution < 1.29 is 19.4 Å². The zero-order valence-electron chi connectivity index (χ0n) is 19.1. The summed E-state index contributed by atoms with van der Waals surface area (Å²) in [5, 5.41) is 25.0. The second-order valence-electron chi connectivity index (χ2n) is 8.84. The van der Waals surface area contributed by atoms with Crippen LogP contribution in [0.2, 0.25) is 0 Å². The molecule has 3 aromatic rings. The fourth-order valence-electron chi connectivity index (χ4n) is 4.57. The van der Waals surface area contributed by atoms with Crippen LogP contribution in [0.5, 0.6) is 5.75 Å². The van der Waals surface area contributed by atoms with E-state index in [1.807, 2.05) is 50.2 Å². The Bertz CT molecular complexity index is 1140. The van der Waals surface area contributed by atoms with Gasteiger partial charge >= 0.3 is 5.63 Å². The SMILES string of the molecule is Cc1cc(CCC(O)(O)NC(C)COc2ccccc2)c2c3c(c(=O)oc2c1)CCCC3.Cl. The highest BCUT2D eigenvalue weighted by Crippen LogP contribution is 2.31. The van der Waals surface area contributed by atoms with Crippen molar-refractivity contribution in [3.8, 4) is 5.75 Å². The molecule has 1 aromatic heterocycles. The van der Waals surface area contributed by atoms with E-state index >= 15 is 0 Å². The minimum atomic E-state index is -2.05. The zero-order chi connectivity index (χ0) is 22.7. The van der Waals surface area contributed by atoms with Crippen molar-refractivity contribution >= 4 is 23.4 Å². The van der Waals surface area contributed by atoms with E-state index in [1.165, 1.54) is 0 Å². The maximum Gasteiger partial charge on any atom is 0.339 e. The topological polar surface area (TPSA) is 91.9 Å². The lowest BCUT2D eigenvalue weighted by Crippen LogP contribution is -2.51. The first-order valence-electron chi connectivity index (χ1n) is 11.3. The fourth-order valence-corrected chi connectivity index (χ4v) is 4.57. The van der Waals surface area contributed by atoms with Crippen molar-refractivity contribution in [3.63, 3.8) is 0 Å². The highest BCUT2D eigenvalue weighted by molar-refractivity contribution is 5.86. The highest BCUT2D eigenvalue weighted by Gasteiger charge is 2.27. The quantitative estimate of drug-likeness (QED) is 0.338. The van der Waals surface area contributed by atoms with E-state index in [0.717, 1.165) is 59.1 Å². The predicted molar refractivity (Wildman–Crippen MR) is 131 cm³/mol. The van der Waals surface area contributed by atoms with E-state index in [2.05, 4.69) is 11.4 Å². The molecule has 178 valence electrons. The Kier molecular flexibility index (Phi) is 8.19. The van der Waals surface area contributed by atoms with Gasteiger partial charge in [0.2, 0.25) is 5.91 Å². The van der Waals surface area contributed by atoms with Gasteiger partial charge in [-0.25, -0.2) is 4.79 Å². The lowest BCUT2D eigenvalue weighted by molar-refractivity contribution is -0.195. The Morgan fingerprint density at radius 1 is 1.12 bits per heavy atom. The number of benzene rings is 2. The first kappa shape index (κ1) is 25.2. The van der Waals surface area contributed by atoms with Gasteiger partial charge in [-0.2, -0.15) is 0 Å². The summed E-state index contributed by atoms with van der Waals surface area (Å²) in [5.41, 5.74) is 4.14. The number of hydrogen-bond acceptors (Lipinski definition) is 6. The number of hydrogen-bond donors (Lipinski definition) is 3. The van der Waals surface area contributed by atoms with Gasteiger partial charge in [0.25, 0.3) is 0 Å². The summed E-state index contributed by atoms with van der Waals surface area (Å²) in [6.07, 6.45) is 4.16. The van der Waals surface area contributed by atoms with Gasteiger partial charge in [-0.15, -0.1) is 12.4 Å². The summed E-state index contributed by atoms with van der Waals surface area (Å²) in [6.45, 7) is 4.10. The molecule has 0 amide bonds. The van der Waals surface area contributed by atoms with Gasteiger partial charge in [-0.05, 0) is 80.8 Å². The van der Waals surface area contributed by atoms with Crippen molar-refractivity contribution in [1.29, 1.82) is 0 Å². The number of halogens is 1. The van der Waals surface area contributed by atoms with Crippen LogP contribution in [-0.4, -0.2) is 28.8 Å². The molecule has 0 bridgehead atoms. The van der Waals surface area contributed by atoms with E-state index in [-0.39, 0.29) is 30.5 Å². The second kappa shape index (κ2) is 10.7. The maximum atomic E-state index is 12.4. The molecule has 1 heterocycles. The van der Waals surface area contributed by atoms with Gasteiger partial charge in [0.05, 0.1) is 0 Å². The number of rotatable bonds is 8. The third-order valence-electron chi connectivity index (χ3n) is 6.01. The zero-order valence-corrected chi connectivity index (χ0v) is 19.9. The molecule has 3 N–H and O–H groups in total. The largest absolute Gasteiger partial charge is 0.492 e. The van der Waals surface area contributed by atoms with Crippen LogP contribution in [0, 0.1) is 6.92 Å². The van der Waals surface area contributed by atoms with E-state index < -0.39 is 5.91 Å². The van der Waals surface area contributed by atoms with Crippen molar-refractivity contribution in [2.45, 2.75) is 64.3 Å². The molecule has 6 nitrogen and oxygen atoms in total. The van der Waals surface area contributed by atoms with Crippen LogP contribution in [0.15, 0.2) is 51.7 Å². The molecule has 0 saturated heterocycles. The van der Waals surface area contributed by atoms with Crippen LogP contribution < -0.4 is 15.7 Å². The molecule has 0 radical (unpaired) electrons. The Morgan fingerprint density at radius 2 is 1.82 bits per heavy atom. The number of ether oxygens (including phenoxy) is 1. The third-order valence-corrected chi connectivity index (χ3v) is 6.01. The summed E-state index contributed by atoms with van der Waals surface area (Å²) >= 11 is 0. The molecule has 7 heteroatoms. The first-order valence-corrected chi connectivity index (χ1v) is 11.3. The average molecular weight is 474 g/mol. The smallest absolute Gasteiger partial charge is 0.339 e. The molecule has 0 saturated carbocycles. The summed E-state index contributed by atoms with van der Waals surface area (Å²) in [5.74, 6) is -1.31. The van der Waals surface area contributed by atoms with Gasteiger partial charge < -0.3 is 19.4 Å². The normalized spacial score (nSPS) is 14.4. The van der Waals surface area contributed by atoms with Crippen molar-refractivity contribution in [3.05, 3.63) is 75.1 Å². The van der Waals surface area contributed by atoms with Crippen LogP contribution in [0.4, 0.5) is 0 Å². The molecule has 0 spiro atoms. The Morgan fingerprint density at radius 3 is 2.55 bits per heavy atom. The van der Waals surface area contributed by atoms with E-state index in [0.29, 0.717) is 18.6 Å². The Labute approximate surface area is 200 Å². The predicted octanol–water partition coefficient (Wildman–Crippen LogP) is 4.03. The number of aryl methyl sites for hydroxylation is 3. The van der Waals surface area contributed by atoms with Crippen LogP contribution in [-0.2, 0) is 19.3 Å². The van der Waals surface area contributed by atoms with Crippen LogP contribution in [0.3, 0.4) is 0 Å². The number of para-hydroxylation sites is 1. The minimum absolute atomic E-state index is 0. The van der Waals surface area contributed by atoms with E-state index in [1.54, 1.807) is 0 Å². The summed E-state index contributed by atoms with van der Waals surface area (Å²) in [4.78, 5) is 12.4. The van der Waals surface area contributed by atoms with Crippen LogP contribution in [0.25, 0.3) is 11.0 Å².